The smallest absolute Gasteiger partial charge is 0.261 e. The number of benzene rings is 2. The summed E-state index contributed by atoms with van der Waals surface area (Å²) in [5.74, 6) is 0. The molecule has 0 saturated carbocycles. The van der Waals surface area contributed by atoms with Gasteiger partial charge in [-0.15, -0.1) is 0 Å². The lowest BCUT2D eigenvalue weighted by Crippen LogP contribution is -2.14. The quantitative estimate of drug-likeness (QED) is 0.851. The van der Waals surface area contributed by atoms with Gasteiger partial charge in [-0.2, -0.15) is 0 Å². The van der Waals surface area contributed by atoms with Gasteiger partial charge in [0.1, 0.15) is 0 Å². The van der Waals surface area contributed by atoms with Gasteiger partial charge >= 0.3 is 0 Å². The summed E-state index contributed by atoms with van der Waals surface area (Å²) in [4.78, 5) is 0.253. The van der Waals surface area contributed by atoms with E-state index in [-0.39, 0.29) is 4.90 Å². The molecule has 6 heteroatoms. The lowest BCUT2D eigenvalue weighted by Gasteiger charge is -2.11. The second-order valence-corrected chi connectivity index (χ2v) is 7.30. The first-order chi connectivity index (χ1) is 9.92. The largest absolute Gasteiger partial charge is 0.316 e. The second-order valence-electron chi connectivity index (χ2n) is 4.77. The Labute approximate surface area is 133 Å². The maximum absolute atomic E-state index is 12.5. The summed E-state index contributed by atoms with van der Waals surface area (Å²) < 4.78 is 28.3. The van der Waals surface area contributed by atoms with Crippen LogP contribution in [0.5, 0.6) is 0 Å². The van der Waals surface area contributed by atoms with E-state index in [4.69, 9.17) is 0 Å². The summed E-state index contributed by atoms with van der Waals surface area (Å²) in [7, 11) is -1.78. The maximum Gasteiger partial charge on any atom is 0.261 e. The van der Waals surface area contributed by atoms with Crippen molar-refractivity contribution < 1.29 is 8.42 Å². The van der Waals surface area contributed by atoms with Gasteiger partial charge in [-0.25, -0.2) is 8.42 Å². The summed E-state index contributed by atoms with van der Waals surface area (Å²) in [6, 6.07) is 12.4. The third-order valence-electron chi connectivity index (χ3n) is 2.96. The minimum absolute atomic E-state index is 0.253. The summed E-state index contributed by atoms with van der Waals surface area (Å²) >= 11 is 3.36. The lowest BCUT2D eigenvalue weighted by molar-refractivity contribution is 0.601. The van der Waals surface area contributed by atoms with Crippen LogP contribution < -0.4 is 10.0 Å². The molecule has 0 aliphatic heterocycles. The highest BCUT2D eigenvalue weighted by molar-refractivity contribution is 9.10. The average molecular weight is 369 g/mol. The predicted molar refractivity (Wildman–Crippen MR) is 88.9 cm³/mol. The Morgan fingerprint density at radius 3 is 2.62 bits per heavy atom. The number of nitrogens with one attached hydrogen (secondary N) is 2. The van der Waals surface area contributed by atoms with Gasteiger partial charge in [-0.1, -0.05) is 18.2 Å². The van der Waals surface area contributed by atoms with E-state index in [0.29, 0.717) is 16.7 Å². The van der Waals surface area contributed by atoms with Crippen LogP contribution in [0.4, 0.5) is 5.69 Å². The molecule has 0 unspecified atom stereocenters. The molecule has 0 radical (unpaired) electrons. The highest BCUT2D eigenvalue weighted by Gasteiger charge is 2.16. The Hall–Kier alpha value is -1.37. The average Bonchev–Trinajstić information content (AvgIpc) is 2.43. The molecular formula is C15H17BrN2O2S. The molecule has 0 fully saturated rings. The van der Waals surface area contributed by atoms with Crippen LogP contribution in [-0.4, -0.2) is 15.5 Å². The van der Waals surface area contributed by atoms with Crippen LogP contribution in [0.15, 0.2) is 51.8 Å². The van der Waals surface area contributed by atoms with Gasteiger partial charge in [0.15, 0.2) is 0 Å². The van der Waals surface area contributed by atoms with Gasteiger partial charge in [-0.3, -0.25) is 4.72 Å². The zero-order valence-electron chi connectivity index (χ0n) is 11.9. The number of sulfonamides is 1. The minimum atomic E-state index is -3.60. The van der Waals surface area contributed by atoms with E-state index < -0.39 is 10.0 Å². The monoisotopic (exact) mass is 368 g/mol. The topological polar surface area (TPSA) is 58.2 Å². The van der Waals surface area contributed by atoms with Gasteiger partial charge in [-0.05, 0) is 65.3 Å². The fraction of sp³-hybridized carbons (Fsp3) is 0.200. The molecule has 2 aromatic carbocycles. The molecule has 0 atom stereocenters. The van der Waals surface area contributed by atoms with Gasteiger partial charge in [0.25, 0.3) is 10.0 Å². The number of aryl methyl sites for hydroxylation is 1. The molecule has 0 amide bonds. The fourth-order valence-corrected chi connectivity index (χ4v) is 3.57. The second kappa shape index (κ2) is 6.60. The Morgan fingerprint density at radius 2 is 1.90 bits per heavy atom. The minimum Gasteiger partial charge on any atom is -0.316 e. The third kappa shape index (κ3) is 4.06. The molecule has 0 aliphatic rings. The van der Waals surface area contributed by atoms with Crippen molar-refractivity contribution in [2.24, 2.45) is 0 Å². The van der Waals surface area contributed by atoms with Crippen molar-refractivity contribution in [2.75, 3.05) is 11.8 Å². The number of rotatable bonds is 5. The standard InChI is InChI=1S/C15H17BrN2O2S/c1-11-6-7-14(16)15(8-11)18-21(19,20)13-5-3-4-12(9-13)10-17-2/h3-9,17-18H,10H2,1-2H3. The molecule has 21 heavy (non-hydrogen) atoms. The van der Waals surface area contributed by atoms with Crippen LogP contribution in [0.1, 0.15) is 11.1 Å². The van der Waals surface area contributed by atoms with E-state index in [9.17, 15) is 8.42 Å². The predicted octanol–water partition coefficient (Wildman–Crippen LogP) is 3.28. The molecule has 112 valence electrons. The SMILES string of the molecule is CNCc1cccc(S(=O)(=O)Nc2cc(C)ccc2Br)c1. The molecule has 0 aromatic heterocycles. The van der Waals surface area contributed by atoms with Crippen LogP contribution >= 0.6 is 15.9 Å². The summed E-state index contributed by atoms with van der Waals surface area (Å²) in [5.41, 5.74) is 2.44. The Kier molecular flexibility index (Phi) is 5.03. The number of hydrogen-bond donors (Lipinski definition) is 2. The molecule has 0 saturated heterocycles. The van der Waals surface area contributed by atoms with Crippen molar-refractivity contribution in [1.29, 1.82) is 0 Å². The molecule has 0 bridgehead atoms. The maximum atomic E-state index is 12.5. The number of anilines is 1. The molecule has 2 aromatic rings. The van der Waals surface area contributed by atoms with Gasteiger partial charge < -0.3 is 5.32 Å². The zero-order valence-corrected chi connectivity index (χ0v) is 14.3. The number of hydrogen-bond acceptors (Lipinski definition) is 3. The van der Waals surface area contributed by atoms with E-state index in [0.717, 1.165) is 11.1 Å². The molecule has 0 spiro atoms. The lowest BCUT2D eigenvalue weighted by atomic mass is 10.2. The molecule has 0 heterocycles. The van der Waals surface area contributed by atoms with Crippen LogP contribution in [-0.2, 0) is 16.6 Å². The van der Waals surface area contributed by atoms with Gasteiger partial charge in [0, 0.05) is 11.0 Å². The van der Waals surface area contributed by atoms with Crippen molar-refractivity contribution in [3.63, 3.8) is 0 Å². The third-order valence-corrected chi connectivity index (χ3v) is 5.01. The van der Waals surface area contributed by atoms with Crippen molar-refractivity contribution in [2.45, 2.75) is 18.4 Å². The van der Waals surface area contributed by atoms with Crippen molar-refractivity contribution in [3.8, 4) is 0 Å². The van der Waals surface area contributed by atoms with E-state index in [1.54, 1.807) is 24.3 Å². The van der Waals surface area contributed by atoms with Gasteiger partial charge in [0.05, 0.1) is 10.6 Å². The van der Waals surface area contributed by atoms with E-state index in [2.05, 4.69) is 26.0 Å². The van der Waals surface area contributed by atoms with Crippen LogP contribution in [0.3, 0.4) is 0 Å². The summed E-state index contributed by atoms with van der Waals surface area (Å²) in [6.07, 6.45) is 0. The van der Waals surface area contributed by atoms with Crippen molar-refractivity contribution in [1.82, 2.24) is 5.32 Å². The first-order valence-corrected chi connectivity index (χ1v) is 8.72. The van der Waals surface area contributed by atoms with Crippen LogP contribution in [0, 0.1) is 6.92 Å². The van der Waals surface area contributed by atoms with Crippen LogP contribution in [0.25, 0.3) is 0 Å². The van der Waals surface area contributed by atoms with E-state index >= 15 is 0 Å². The normalized spacial score (nSPS) is 11.4. The molecular weight excluding hydrogens is 352 g/mol. The van der Waals surface area contributed by atoms with E-state index in [1.165, 1.54) is 0 Å². The summed E-state index contributed by atoms with van der Waals surface area (Å²) in [5, 5.41) is 3.01. The highest BCUT2D eigenvalue weighted by Crippen LogP contribution is 2.26. The Morgan fingerprint density at radius 1 is 1.14 bits per heavy atom. The first kappa shape index (κ1) is 16.0. The molecule has 2 rings (SSSR count). The van der Waals surface area contributed by atoms with Gasteiger partial charge in [0.2, 0.25) is 0 Å². The number of halogens is 1. The summed E-state index contributed by atoms with van der Waals surface area (Å²) in [6.45, 7) is 2.54. The van der Waals surface area contributed by atoms with Crippen molar-refractivity contribution >= 4 is 31.6 Å². The molecule has 4 nitrogen and oxygen atoms in total. The van der Waals surface area contributed by atoms with Crippen LogP contribution in [0.2, 0.25) is 0 Å². The zero-order chi connectivity index (χ0) is 15.5. The fourth-order valence-electron chi connectivity index (χ4n) is 1.95. The highest BCUT2D eigenvalue weighted by atomic mass is 79.9. The Bertz CT molecular complexity index is 745. The van der Waals surface area contributed by atoms with E-state index in [1.807, 2.05) is 32.2 Å². The molecule has 2 N–H and O–H groups in total. The Balaban J connectivity index is 2.34. The van der Waals surface area contributed by atoms with Crippen molar-refractivity contribution in [3.05, 3.63) is 58.1 Å². The molecule has 0 aliphatic carbocycles. The first-order valence-electron chi connectivity index (χ1n) is 6.45.